The highest BCUT2D eigenvalue weighted by molar-refractivity contribution is 6.35. The number of likely N-dealkylation sites (tertiary alicyclic amines) is 1. The Labute approximate surface area is 484 Å². The van der Waals surface area contributed by atoms with Gasteiger partial charge in [-0.3, -0.25) is 43.8 Å². The normalized spacial score (nSPS) is 26.6. The number of hydrogen-bond acceptors (Lipinski definition) is 15. The molecule has 4 aliphatic rings. The van der Waals surface area contributed by atoms with E-state index < -0.39 is 83.4 Å². The van der Waals surface area contributed by atoms with E-state index in [0.29, 0.717) is 55.6 Å². The van der Waals surface area contributed by atoms with Crippen molar-refractivity contribution in [3.05, 3.63) is 76.3 Å². The summed E-state index contributed by atoms with van der Waals surface area (Å²) in [4.78, 5) is 121. The molecule has 6 rings (SSSR count). The van der Waals surface area contributed by atoms with E-state index in [-0.39, 0.29) is 104 Å². The number of carbonyl (C=O) groups excluding carboxylic acids is 9. The molecule has 0 aromatic heterocycles. The molecule has 1 unspecified atom stereocenters. The SMILES string of the molecule is COc1cc2cc(c1Cl)N(C)C(=O)C[C@H](OC(=O)Nc1ccc(CC(=O)[C@H](CCCNC(N)=O)NC(=O)[C@@H](CC(=O)CCCCCN3C(=O)CC(C)C3=O)C(C)C)cc1)[C@]1(C)O[C@H]1[C@H](C)[C@@H]1C[C@@](O)(CC(=O)O1)[C@H](OC)/C=C/C=C(\C)C2. The van der Waals surface area contributed by atoms with Crippen molar-refractivity contribution in [1.82, 2.24) is 15.5 Å². The van der Waals surface area contributed by atoms with E-state index >= 15 is 0 Å². The van der Waals surface area contributed by atoms with Crippen LogP contribution >= 0.6 is 11.6 Å². The number of esters is 1. The molecule has 448 valence electrons. The number of urea groups is 1. The van der Waals surface area contributed by atoms with Gasteiger partial charge in [-0.05, 0) is 87.3 Å². The number of fused-ring (bicyclic) bond motifs is 5. The molecule has 2 aromatic rings. The number of ketones is 2. The molecule has 6 N–H and O–H groups in total. The number of epoxide rings is 1. The van der Waals surface area contributed by atoms with Crippen LogP contribution in [0.4, 0.5) is 21.0 Å². The van der Waals surface area contributed by atoms with Crippen LogP contribution in [0.15, 0.2) is 60.2 Å². The minimum Gasteiger partial charge on any atom is -0.495 e. The summed E-state index contributed by atoms with van der Waals surface area (Å²) >= 11 is 6.84. The Bertz CT molecular complexity index is 2770. The number of ether oxygens (including phenoxy) is 5. The summed E-state index contributed by atoms with van der Waals surface area (Å²) in [6.07, 6.45) is 2.86. The van der Waals surface area contributed by atoms with Crippen LogP contribution in [0.1, 0.15) is 123 Å². The Morgan fingerprint density at radius 1 is 0.976 bits per heavy atom. The van der Waals surface area contributed by atoms with Gasteiger partial charge in [-0.15, -0.1) is 0 Å². The van der Waals surface area contributed by atoms with Crippen LogP contribution in [-0.4, -0.2) is 139 Å². The van der Waals surface area contributed by atoms with Gasteiger partial charge in [-0.1, -0.05) is 81.7 Å². The number of primary amides is 1. The average Bonchev–Trinajstić information content (AvgIpc) is 2.11. The van der Waals surface area contributed by atoms with Gasteiger partial charge in [0.15, 0.2) is 5.78 Å². The molecule has 0 radical (unpaired) electrons. The van der Waals surface area contributed by atoms with Crippen LogP contribution < -0.4 is 31.3 Å². The second-order valence-electron chi connectivity index (χ2n) is 22.9. The van der Waals surface area contributed by atoms with Crippen molar-refractivity contribution in [3.63, 3.8) is 0 Å². The Hall–Kier alpha value is -6.68. The van der Waals surface area contributed by atoms with Gasteiger partial charge in [0.25, 0.3) is 0 Å². The number of methoxy groups -OCH3 is 2. The van der Waals surface area contributed by atoms with Gasteiger partial charge in [0.1, 0.15) is 46.1 Å². The van der Waals surface area contributed by atoms with Crippen LogP contribution in [0.3, 0.4) is 0 Å². The summed E-state index contributed by atoms with van der Waals surface area (Å²) < 4.78 is 29.6. The fourth-order valence-corrected chi connectivity index (χ4v) is 11.4. The highest BCUT2D eigenvalue weighted by Gasteiger charge is 2.64. The third-order valence-electron chi connectivity index (χ3n) is 16.1. The van der Waals surface area contributed by atoms with E-state index in [2.05, 4.69) is 16.0 Å². The van der Waals surface area contributed by atoms with Gasteiger partial charge >= 0.3 is 18.1 Å². The molecule has 4 aliphatic heterocycles. The number of imide groups is 1. The first-order valence-corrected chi connectivity index (χ1v) is 28.5. The minimum atomic E-state index is -1.64. The first-order valence-electron chi connectivity index (χ1n) is 28.2. The maximum Gasteiger partial charge on any atom is 0.412 e. The number of halogens is 1. The number of anilines is 2. The predicted molar refractivity (Wildman–Crippen MR) is 305 cm³/mol. The Morgan fingerprint density at radius 3 is 2.34 bits per heavy atom. The van der Waals surface area contributed by atoms with Gasteiger partial charge in [0.2, 0.25) is 23.6 Å². The van der Waals surface area contributed by atoms with Gasteiger partial charge in [0, 0.05) is 82.8 Å². The van der Waals surface area contributed by atoms with Crippen LogP contribution in [-0.2, 0) is 65.4 Å². The molecule has 2 aromatic carbocycles. The number of amides is 7. The second-order valence-corrected chi connectivity index (χ2v) is 23.2. The molecular weight excluding hydrogens is 1080 g/mol. The number of benzene rings is 2. The minimum absolute atomic E-state index is 0.00458. The van der Waals surface area contributed by atoms with E-state index in [0.717, 1.165) is 11.1 Å². The second kappa shape index (κ2) is 28.5. The number of allylic oxidation sites excluding steroid dienone is 3. The fourth-order valence-electron chi connectivity index (χ4n) is 11.1. The van der Waals surface area contributed by atoms with Gasteiger partial charge in [-0.2, -0.15) is 0 Å². The zero-order valence-corrected chi connectivity index (χ0v) is 49.3. The number of rotatable bonds is 22. The maximum absolute atomic E-state index is 14.4. The van der Waals surface area contributed by atoms with E-state index in [1.54, 1.807) is 76.4 Å². The van der Waals surface area contributed by atoms with E-state index in [9.17, 15) is 48.3 Å². The van der Waals surface area contributed by atoms with Crippen molar-refractivity contribution in [2.45, 2.75) is 167 Å². The number of Topliss-reactive ketones (excluding diaryl/α,β-unsaturated/α-hetero) is 2. The van der Waals surface area contributed by atoms with E-state index in [1.165, 1.54) is 24.0 Å². The number of nitrogens with two attached hydrogens (primary N) is 1. The molecule has 4 bridgehead atoms. The Kier molecular flexibility index (Phi) is 22.4. The molecule has 4 heterocycles. The lowest BCUT2D eigenvalue weighted by atomic mass is 9.78. The Morgan fingerprint density at radius 2 is 1.70 bits per heavy atom. The molecule has 22 heteroatoms. The van der Waals surface area contributed by atoms with Gasteiger partial charge < -0.3 is 50.1 Å². The zero-order chi connectivity index (χ0) is 60.2. The number of unbranched alkanes of at least 4 members (excludes halogenated alkanes) is 2. The van der Waals surface area contributed by atoms with E-state index in [1.807, 2.05) is 26.8 Å². The molecule has 0 spiro atoms. The molecule has 0 aliphatic carbocycles. The topological polar surface area (TPSA) is 292 Å². The molecule has 10 atom stereocenters. The molecule has 0 saturated carbocycles. The monoisotopic (exact) mass is 1160 g/mol. The summed E-state index contributed by atoms with van der Waals surface area (Å²) in [5, 5.41) is 20.3. The Balaban J connectivity index is 1.14. The summed E-state index contributed by atoms with van der Waals surface area (Å²) in [5.41, 5.74) is 5.19. The summed E-state index contributed by atoms with van der Waals surface area (Å²) in [7, 11) is 4.47. The standard InChI is InChI=1S/C60H81ClN6O15/c1-34(2)42(30-41(68)16-11-10-12-24-67-51(71)26-36(4)56(67)74)55(73)65-43(17-14-23-63-57(62)75)45(69)28-38-19-21-40(22-20-38)64-58(76)81-49-31-50(70)66(7)44-27-39(29-46(78-8)53(44)61)25-35(3)15-13-18-48(79-9)60(77)32-47(80-52(72)33-60)37(5)54-59(49,6)82-54/h13,15,18-22,27,29,34,36-37,42-43,47-49,54,77H,10-12,14,16-17,23-26,28,30-33H2,1-9H3,(H,64,76)(H,65,73)(H3,62,63,75)/b18-13+,35-15+/t36?,37-,42+,43+,47+,48-,49+,54+,59+,60-/m1/s1. The van der Waals surface area contributed by atoms with Gasteiger partial charge in [0.05, 0.1) is 37.8 Å². The van der Waals surface area contributed by atoms with Crippen molar-refractivity contribution in [2.75, 3.05) is 44.6 Å². The molecule has 3 saturated heterocycles. The summed E-state index contributed by atoms with van der Waals surface area (Å²) in [5.74, 6) is -3.93. The van der Waals surface area contributed by atoms with Crippen molar-refractivity contribution >= 4 is 76.3 Å². The predicted octanol–water partition coefficient (Wildman–Crippen LogP) is 6.85. The number of nitrogens with one attached hydrogen (secondary N) is 3. The maximum atomic E-state index is 14.4. The van der Waals surface area contributed by atoms with Crippen LogP contribution in [0.2, 0.25) is 5.02 Å². The largest absolute Gasteiger partial charge is 0.495 e. The molecule has 7 amide bonds. The molecule has 3 fully saturated rings. The van der Waals surface area contributed by atoms with Crippen molar-refractivity contribution in [2.24, 2.45) is 29.4 Å². The van der Waals surface area contributed by atoms with Crippen molar-refractivity contribution in [3.8, 4) is 5.75 Å². The smallest absolute Gasteiger partial charge is 0.412 e. The quantitative estimate of drug-likeness (QED) is 0.0348. The van der Waals surface area contributed by atoms with Crippen LogP contribution in [0, 0.1) is 23.7 Å². The third kappa shape index (κ3) is 16.7. The lowest BCUT2D eigenvalue weighted by Gasteiger charge is -2.41. The number of nitrogens with zero attached hydrogens (tertiary/aromatic N) is 2. The number of carbonyl (C=O) groups is 9. The average molecular weight is 1160 g/mol. The molecular formula is C60H81ClN6O15. The lowest BCUT2D eigenvalue weighted by Crippen LogP contribution is -2.53. The first kappa shape index (κ1) is 64.5. The first-order chi connectivity index (χ1) is 38.8. The summed E-state index contributed by atoms with van der Waals surface area (Å²) in [6, 6.07) is 8.19. The van der Waals surface area contributed by atoms with Gasteiger partial charge in [-0.25, -0.2) is 9.59 Å². The zero-order valence-electron chi connectivity index (χ0n) is 48.5. The van der Waals surface area contributed by atoms with E-state index in [4.69, 9.17) is 41.0 Å². The van der Waals surface area contributed by atoms with Crippen molar-refractivity contribution in [1.29, 1.82) is 0 Å². The summed E-state index contributed by atoms with van der Waals surface area (Å²) in [6.45, 7) is 11.2. The van der Waals surface area contributed by atoms with Crippen LogP contribution in [0.5, 0.6) is 5.75 Å². The highest BCUT2D eigenvalue weighted by Crippen LogP contribution is 2.50. The molecule has 21 nitrogen and oxygen atoms in total. The highest BCUT2D eigenvalue weighted by atomic mass is 35.5. The molecule has 82 heavy (non-hydrogen) atoms. The van der Waals surface area contributed by atoms with Crippen molar-refractivity contribution < 1.29 is 71.9 Å². The lowest BCUT2D eigenvalue weighted by molar-refractivity contribution is -0.187. The van der Waals surface area contributed by atoms with Crippen LogP contribution in [0.25, 0.3) is 0 Å². The fraction of sp³-hybridized carbons (Fsp3) is 0.583. The third-order valence-corrected chi connectivity index (χ3v) is 16.5. The number of hydrogen-bond donors (Lipinski definition) is 5. The number of aliphatic hydroxyl groups is 1.